The number of fused-ring (bicyclic) bond motifs is 1. The van der Waals surface area contributed by atoms with Gasteiger partial charge in [0.2, 0.25) is 0 Å². The second kappa shape index (κ2) is 8.71. The van der Waals surface area contributed by atoms with Crippen molar-refractivity contribution in [3.05, 3.63) is 58.4 Å². The van der Waals surface area contributed by atoms with Crippen LogP contribution in [0.4, 0.5) is 13.6 Å². The van der Waals surface area contributed by atoms with E-state index in [0.717, 1.165) is 12.1 Å². The van der Waals surface area contributed by atoms with Gasteiger partial charge in [-0.3, -0.25) is 4.79 Å². The zero-order valence-electron chi connectivity index (χ0n) is 16.9. The third kappa shape index (κ3) is 4.11. The summed E-state index contributed by atoms with van der Waals surface area (Å²) in [6.45, 7) is 0.556. The normalized spacial score (nSPS) is 16.4. The van der Waals surface area contributed by atoms with Crippen molar-refractivity contribution in [2.75, 3.05) is 26.7 Å². The number of carbonyl (C=O) groups excluding carboxylic acids is 1. The van der Waals surface area contributed by atoms with E-state index in [9.17, 15) is 14.7 Å². The number of benzene rings is 1. The number of amides is 2. The number of morpholine rings is 1. The minimum absolute atomic E-state index is 0.0294. The molecule has 1 aliphatic rings. The van der Waals surface area contributed by atoms with Gasteiger partial charge < -0.3 is 24.5 Å². The number of halogens is 3. The van der Waals surface area contributed by atoms with Crippen LogP contribution in [0.1, 0.15) is 16.1 Å². The first-order chi connectivity index (χ1) is 15.3. The maximum atomic E-state index is 15.0. The van der Waals surface area contributed by atoms with Crippen LogP contribution in [0, 0.1) is 11.6 Å². The van der Waals surface area contributed by atoms with Gasteiger partial charge in [0.25, 0.3) is 5.91 Å². The summed E-state index contributed by atoms with van der Waals surface area (Å²) >= 11 is 6.06. The first-order valence-corrected chi connectivity index (χ1v) is 10.1. The Morgan fingerprint density at radius 3 is 2.69 bits per heavy atom. The number of carbonyl (C=O) groups is 2. The van der Waals surface area contributed by atoms with E-state index in [1.54, 1.807) is 22.7 Å². The number of hydrogen-bond acceptors (Lipinski definition) is 4. The van der Waals surface area contributed by atoms with Gasteiger partial charge in [-0.25, -0.2) is 18.6 Å². The number of hydrogen-bond donors (Lipinski definition) is 2. The van der Waals surface area contributed by atoms with Crippen molar-refractivity contribution in [1.29, 1.82) is 0 Å². The van der Waals surface area contributed by atoms with Crippen molar-refractivity contribution in [3.8, 4) is 11.3 Å². The highest BCUT2D eigenvalue weighted by Gasteiger charge is 2.29. The van der Waals surface area contributed by atoms with Gasteiger partial charge >= 0.3 is 6.09 Å². The van der Waals surface area contributed by atoms with Gasteiger partial charge in [0, 0.05) is 42.9 Å². The fourth-order valence-corrected chi connectivity index (χ4v) is 3.93. The number of nitrogens with one attached hydrogen (secondary N) is 1. The lowest BCUT2D eigenvalue weighted by Crippen LogP contribution is -2.45. The van der Waals surface area contributed by atoms with Crippen LogP contribution in [0.25, 0.3) is 16.9 Å². The van der Waals surface area contributed by atoms with Crippen molar-refractivity contribution in [2.24, 2.45) is 0 Å². The molecule has 11 heteroatoms. The molecule has 0 radical (unpaired) electrons. The van der Waals surface area contributed by atoms with Gasteiger partial charge in [-0.05, 0) is 18.2 Å². The summed E-state index contributed by atoms with van der Waals surface area (Å²) in [5.74, 6) is -2.52. The molecule has 1 fully saturated rings. The zero-order chi connectivity index (χ0) is 23.0. The Balaban J connectivity index is 1.82. The Kier molecular flexibility index (Phi) is 5.98. The van der Waals surface area contributed by atoms with Gasteiger partial charge in [0.15, 0.2) is 0 Å². The molecule has 8 nitrogen and oxygen atoms in total. The van der Waals surface area contributed by atoms with Crippen LogP contribution >= 0.6 is 11.6 Å². The summed E-state index contributed by atoms with van der Waals surface area (Å²) in [5, 5.41) is 12.0. The number of rotatable bonds is 4. The van der Waals surface area contributed by atoms with Crippen molar-refractivity contribution < 1.29 is 28.2 Å². The maximum absolute atomic E-state index is 15.0. The van der Waals surface area contributed by atoms with E-state index in [4.69, 9.17) is 16.3 Å². The monoisotopic (exact) mass is 464 g/mol. The van der Waals surface area contributed by atoms with Crippen LogP contribution < -0.4 is 5.32 Å². The molecular weight excluding hydrogens is 446 g/mol. The predicted molar refractivity (Wildman–Crippen MR) is 112 cm³/mol. The van der Waals surface area contributed by atoms with Crippen LogP contribution in [0.2, 0.25) is 5.02 Å². The third-order valence-corrected chi connectivity index (χ3v) is 5.52. The van der Waals surface area contributed by atoms with E-state index in [0.29, 0.717) is 16.4 Å². The number of nitrogens with zero attached hydrogens (tertiary/aromatic N) is 3. The molecule has 1 unspecified atom stereocenters. The standard InChI is InChI=1S/C21H19ClF2N4O4/c1-25-20(29)11-6-14(23)18(15(24)7-11)19-16(28-3-2-12(22)8-17(28)26-19)9-13-10-27(21(30)31)4-5-32-13/h2-3,6-8,13H,4-5,9-10H2,1H3,(H,25,29)(H,30,31). The molecule has 32 heavy (non-hydrogen) atoms. The topological polar surface area (TPSA) is 96.2 Å². The van der Waals surface area contributed by atoms with Crippen molar-refractivity contribution >= 4 is 29.2 Å². The molecule has 4 rings (SSSR count). The Bertz CT molecular complexity index is 1190. The van der Waals surface area contributed by atoms with Crippen LogP contribution in [0.5, 0.6) is 0 Å². The lowest BCUT2D eigenvalue weighted by Gasteiger charge is -2.31. The molecule has 0 saturated carbocycles. The lowest BCUT2D eigenvalue weighted by molar-refractivity contribution is -0.0214. The fraction of sp³-hybridized carbons (Fsp3) is 0.286. The van der Waals surface area contributed by atoms with E-state index >= 15 is 8.78 Å². The molecule has 0 bridgehead atoms. The first kappa shape index (κ1) is 22.0. The molecule has 0 spiro atoms. The largest absolute Gasteiger partial charge is 0.465 e. The molecule has 2 N–H and O–H groups in total. The van der Waals surface area contributed by atoms with Gasteiger partial charge in [-0.15, -0.1) is 0 Å². The summed E-state index contributed by atoms with van der Waals surface area (Å²) in [7, 11) is 1.36. The van der Waals surface area contributed by atoms with E-state index in [1.165, 1.54) is 11.9 Å². The SMILES string of the molecule is CNC(=O)c1cc(F)c(-c2nc3cc(Cl)ccn3c2CC2CN(C(=O)O)CCO2)c(F)c1. The second-order valence-electron chi connectivity index (χ2n) is 7.30. The number of carboxylic acid groups (broad SMARTS) is 1. The van der Waals surface area contributed by atoms with Crippen LogP contribution in [-0.2, 0) is 11.2 Å². The Morgan fingerprint density at radius 2 is 2.03 bits per heavy atom. The smallest absolute Gasteiger partial charge is 0.407 e. The molecule has 0 aliphatic carbocycles. The van der Waals surface area contributed by atoms with E-state index < -0.39 is 35.3 Å². The van der Waals surface area contributed by atoms with Gasteiger partial charge in [-0.1, -0.05) is 11.6 Å². The predicted octanol–water partition coefficient (Wildman–Crippen LogP) is 3.21. The summed E-state index contributed by atoms with van der Waals surface area (Å²) < 4.78 is 37.4. The number of aromatic nitrogens is 2. The average molecular weight is 465 g/mol. The highest BCUT2D eigenvalue weighted by atomic mass is 35.5. The molecule has 3 aromatic rings. The molecule has 3 heterocycles. The van der Waals surface area contributed by atoms with Crippen molar-refractivity contribution in [3.63, 3.8) is 0 Å². The molecule has 1 saturated heterocycles. The Morgan fingerprint density at radius 1 is 1.31 bits per heavy atom. The minimum atomic E-state index is -1.06. The average Bonchev–Trinajstić information content (AvgIpc) is 3.09. The second-order valence-corrected chi connectivity index (χ2v) is 7.74. The number of imidazole rings is 1. The fourth-order valence-electron chi connectivity index (χ4n) is 3.77. The molecular formula is C21H19ClF2N4O4. The summed E-state index contributed by atoms with van der Waals surface area (Å²) in [6, 6.07) is 5.05. The molecule has 2 aromatic heterocycles. The number of ether oxygens (including phenoxy) is 1. The van der Waals surface area contributed by atoms with Crippen LogP contribution in [0.3, 0.4) is 0 Å². The highest BCUT2D eigenvalue weighted by molar-refractivity contribution is 6.30. The maximum Gasteiger partial charge on any atom is 0.407 e. The zero-order valence-corrected chi connectivity index (χ0v) is 17.7. The minimum Gasteiger partial charge on any atom is -0.465 e. The van der Waals surface area contributed by atoms with Gasteiger partial charge in [0.05, 0.1) is 36.2 Å². The van der Waals surface area contributed by atoms with Gasteiger partial charge in [-0.2, -0.15) is 0 Å². The third-order valence-electron chi connectivity index (χ3n) is 5.29. The highest BCUT2D eigenvalue weighted by Crippen LogP contribution is 2.32. The van der Waals surface area contributed by atoms with E-state index in [-0.39, 0.29) is 37.4 Å². The Hall–Kier alpha value is -3.24. The van der Waals surface area contributed by atoms with Crippen LogP contribution in [0.15, 0.2) is 30.5 Å². The van der Waals surface area contributed by atoms with Gasteiger partial charge in [0.1, 0.15) is 17.3 Å². The molecule has 168 valence electrons. The lowest BCUT2D eigenvalue weighted by atomic mass is 10.0. The van der Waals surface area contributed by atoms with Crippen molar-refractivity contribution in [2.45, 2.75) is 12.5 Å². The van der Waals surface area contributed by atoms with Crippen LogP contribution in [-0.4, -0.2) is 64.2 Å². The van der Waals surface area contributed by atoms with Crippen molar-refractivity contribution in [1.82, 2.24) is 19.6 Å². The summed E-state index contributed by atoms with van der Waals surface area (Å²) in [4.78, 5) is 28.8. The molecule has 1 aromatic carbocycles. The van der Waals surface area contributed by atoms with E-state index in [2.05, 4.69) is 10.3 Å². The Labute approximate surface area is 186 Å². The first-order valence-electron chi connectivity index (χ1n) is 9.76. The summed E-state index contributed by atoms with van der Waals surface area (Å²) in [6.07, 6.45) is 0.171. The van der Waals surface area contributed by atoms with E-state index in [1.807, 2.05) is 0 Å². The molecule has 1 aliphatic heterocycles. The molecule has 2 amide bonds. The summed E-state index contributed by atoms with van der Waals surface area (Å²) in [5.41, 5.74) is 0.273. The number of pyridine rings is 1. The quantitative estimate of drug-likeness (QED) is 0.618. The molecule has 1 atom stereocenters.